The zero-order valence-electron chi connectivity index (χ0n) is 17.4. The molecule has 6 heteroatoms. The van der Waals surface area contributed by atoms with E-state index in [1.807, 2.05) is 54.6 Å². The number of hydrogen-bond acceptors (Lipinski definition) is 6. The number of nitrogen functional groups attached to an aromatic ring is 1. The lowest BCUT2D eigenvalue weighted by Crippen LogP contribution is -2.01. The Kier molecular flexibility index (Phi) is 11.5. The zero-order valence-corrected chi connectivity index (χ0v) is 17.4. The predicted molar refractivity (Wildman–Crippen MR) is 121 cm³/mol. The fourth-order valence-electron chi connectivity index (χ4n) is 2.91. The van der Waals surface area contributed by atoms with Crippen molar-refractivity contribution in [1.29, 1.82) is 0 Å². The first-order chi connectivity index (χ1) is 14.7. The molecule has 0 spiro atoms. The van der Waals surface area contributed by atoms with Crippen LogP contribution >= 0.6 is 0 Å². The molecule has 0 saturated carbocycles. The van der Waals surface area contributed by atoms with E-state index in [2.05, 4.69) is 12.1 Å². The average Bonchev–Trinajstić information content (AvgIpc) is 2.81. The van der Waals surface area contributed by atoms with E-state index in [9.17, 15) is 4.79 Å². The maximum atomic E-state index is 10.8. The van der Waals surface area contributed by atoms with E-state index in [0.29, 0.717) is 31.0 Å². The highest BCUT2D eigenvalue weighted by atomic mass is 16.5. The van der Waals surface area contributed by atoms with Crippen LogP contribution in [0.5, 0.6) is 5.75 Å². The van der Waals surface area contributed by atoms with Gasteiger partial charge in [0.25, 0.3) is 0 Å². The number of ether oxygens (including phenoxy) is 1. The number of rotatable bonds is 7. The van der Waals surface area contributed by atoms with E-state index < -0.39 is 0 Å². The first-order valence-corrected chi connectivity index (χ1v) is 9.42. The summed E-state index contributed by atoms with van der Waals surface area (Å²) in [5.41, 5.74) is 17.5. The summed E-state index contributed by atoms with van der Waals surface area (Å²) in [6.45, 7) is 0.879. The van der Waals surface area contributed by atoms with Gasteiger partial charge in [-0.05, 0) is 52.6 Å². The molecule has 160 valence electrons. The molecule has 3 aromatic carbocycles. The molecule has 3 aromatic rings. The molecule has 0 aromatic heterocycles. The Hall–Kier alpha value is -3.19. The first-order valence-electron chi connectivity index (χ1n) is 9.42. The molecule has 0 fully saturated rings. The molecular weight excluding hydrogens is 380 g/mol. The van der Waals surface area contributed by atoms with Crippen molar-refractivity contribution in [1.82, 2.24) is 0 Å². The Labute approximate surface area is 177 Å². The van der Waals surface area contributed by atoms with Gasteiger partial charge in [0.1, 0.15) is 18.6 Å². The molecular formula is C24H30N2O4. The zero-order chi connectivity index (χ0) is 22.4. The number of benzene rings is 3. The summed E-state index contributed by atoms with van der Waals surface area (Å²) < 4.78 is 5.93. The van der Waals surface area contributed by atoms with Crippen molar-refractivity contribution in [3.63, 3.8) is 0 Å². The van der Waals surface area contributed by atoms with Crippen LogP contribution in [-0.4, -0.2) is 30.7 Å². The maximum absolute atomic E-state index is 10.8. The van der Waals surface area contributed by atoms with E-state index in [0.717, 1.165) is 48.3 Å². The van der Waals surface area contributed by atoms with Crippen LogP contribution in [0.4, 0.5) is 5.69 Å². The third-order valence-corrected chi connectivity index (χ3v) is 4.18. The first kappa shape index (κ1) is 24.8. The molecule has 0 heterocycles. The van der Waals surface area contributed by atoms with Crippen LogP contribution < -0.4 is 16.2 Å². The number of para-hydroxylation sites is 1. The highest BCUT2D eigenvalue weighted by molar-refractivity contribution is 5.69. The van der Waals surface area contributed by atoms with Crippen molar-refractivity contribution in [2.45, 2.75) is 19.6 Å². The third kappa shape index (κ3) is 7.33. The second kappa shape index (κ2) is 13.9. The Balaban J connectivity index is 0.00000106. The van der Waals surface area contributed by atoms with E-state index in [1.165, 1.54) is 0 Å². The van der Waals surface area contributed by atoms with Crippen LogP contribution in [0.2, 0.25) is 0 Å². The fourth-order valence-corrected chi connectivity index (χ4v) is 2.91. The predicted octanol–water partition coefficient (Wildman–Crippen LogP) is 2.93. The molecule has 0 bridgehead atoms. The van der Waals surface area contributed by atoms with Gasteiger partial charge in [-0.2, -0.15) is 0 Å². The summed E-state index contributed by atoms with van der Waals surface area (Å²) in [6.07, 6.45) is 1.22. The number of aliphatic hydroxyl groups is 2. The van der Waals surface area contributed by atoms with Gasteiger partial charge in [0.15, 0.2) is 0 Å². The molecule has 30 heavy (non-hydrogen) atoms. The number of aldehydes is 1. The van der Waals surface area contributed by atoms with Crippen LogP contribution in [-0.2, 0) is 24.4 Å². The summed E-state index contributed by atoms with van der Waals surface area (Å²) >= 11 is 0. The SMILES string of the molecule is CO.CO.NCc1cccc(-c2cc(N)cc(COc3ccccc3CC=O)c2)c1. The van der Waals surface area contributed by atoms with Crippen LogP contribution in [0, 0.1) is 0 Å². The maximum Gasteiger partial charge on any atom is 0.124 e. The van der Waals surface area contributed by atoms with Gasteiger partial charge in [-0.15, -0.1) is 0 Å². The molecule has 6 nitrogen and oxygen atoms in total. The Morgan fingerprint density at radius 3 is 2.27 bits per heavy atom. The third-order valence-electron chi connectivity index (χ3n) is 4.18. The van der Waals surface area contributed by atoms with Crippen molar-refractivity contribution >= 4 is 12.0 Å². The summed E-state index contributed by atoms with van der Waals surface area (Å²) in [7, 11) is 2.00. The van der Waals surface area contributed by atoms with Gasteiger partial charge in [-0.25, -0.2) is 0 Å². The normalized spacial score (nSPS) is 9.50. The van der Waals surface area contributed by atoms with Crippen molar-refractivity contribution in [2.24, 2.45) is 5.73 Å². The van der Waals surface area contributed by atoms with Crippen molar-refractivity contribution in [2.75, 3.05) is 20.0 Å². The van der Waals surface area contributed by atoms with Gasteiger partial charge in [-0.3, -0.25) is 0 Å². The molecule has 3 rings (SSSR count). The van der Waals surface area contributed by atoms with Crippen LogP contribution in [0.1, 0.15) is 16.7 Å². The van der Waals surface area contributed by atoms with Crippen molar-refractivity contribution in [3.05, 3.63) is 83.4 Å². The minimum atomic E-state index is 0.338. The molecule has 0 aliphatic carbocycles. The Bertz CT molecular complexity index is 913. The van der Waals surface area contributed by atoms with E-state index in [-0.39, 0.29) is 0 Å². The lowest BCUT2D eigenvalue weighted by Gasteiger charge is -2.12. The molecule has 0 saturated heterocycles. The smallest absolute Gasteiger partial charge is 0.124 e. The number of aliphatic hydroxyl groups excluding tert-OH is 2. The number of nitrogens with two attached hydrogens (primary N) is 2. The van der Waals surface area contributed by atoms with Gasteiger partial charge in [0.05, 0.1) is 0 Å². The number of anilines is 1. The quantitative estimate of drug-likeness (QED) is 0.351. The standard InChI is InChI=1S/C22H22N2O2.2CH4O/c23-14-16-4-3-6-19(10-16)20-11-17(12-21(24)13-20)15-26-22-7-2-1-5-18(22)8-9-25;2*1-2/h1-7,9-13H,8,14-15,23-24H2;2*2H,1H3. The van der Waals surface area contributed by atoms with E-state index in [1.54, 1.807) is 0 Å². The van der Waals surface area contributed by atoms with Gasteiger partial charge < -0.3 is 31.2 Å². The topological polar surface area (TPSA) is 119 Å². The van der Waals surface area contributed by atoms with E-state index >= 15 is 0 Å². The number of carbonyl (C=O) groups excluding carboxylic acids is 1. The summed E-state index contributed by atoms with van der Waals surface area (Å²) in [5.74, 6) is 0.716. The fraction of sp³-hybridized carbons (Fsp3) is 0.208. The average molecular weight is 411 g/mol. The minimum Gasteiger partial charge on any atom is -0.489 e. The molecule has 0 aliphatic rings. The second-order valence-electron chi connectivity index (χ2n) is 6.13. The molecule has 0 unspecified atom stereocenters. The second-order valence-corrected chi connectivity index (χ2v) is 6.13. The van der Waals surface area contributed by atoms with E-state index in [4.69, 9.17) is 26.4 Å². The van der Waals surface area contributed by atoms with Gasteiger partial charge in [0, 0.05) is 38.4 Å². The number of hydrogen-bond donors (Lipinski definition) is 4. The van der Waals surface area contributed by atoms with Gasteiger partial charge >= 0.3 is 0 Å². The summed E-state index contributed by atoms with van der Waals surface area (Å²) in [6, 6.07) is 21.6. The van der Waals surface area contributed by atoms with Crippen LogP contribution in [0.3, 0.4) is 0 Å². The van der Waals surface area contributed by atoms with Crippen molar-refractivity contribution in [3.8, 4) is 16.9 Å². The lowest BCUT2D eigenvalue weighted by atomic mass is 10.0. The van der Waals surface area contributed by atoms with Crippen molar-refractivity contribution < 1.29 is 19.7 Å². The summed E-state index contributed by atoms with van der Waals surface area (Å²) in [4.78, 5) is 10.8. The lowest BCUT2D eigenvalue weighted by molar-refractivity contribution is -0.107. The van der Waals surface area contributed by atoms with Gasteiger partial charge in [-0.1, -0.05) is 36.4 Å². The van der Waals surface area contributed by atoms with Crippen LogP contribution in [0.15, 0.2) is 66.7 Å². The number of carbonyl (C=O) groups is 1. The highest BCUT2D eigenvalue weighted by Gasteiger charge is 2.06. The molecule has 0 radical (unpaired) electrons. The molecule has 0 atom stereocenters. The minimum absolute atomic E-state index is 0.338. The monoisotopic (exact) mass is 410 g/mol. The van der Waals surface area contributed by atoms with Gasteiger partial charge in [0.2, 0.25) is 0 Å². The van der Waals surface area contributed by atoms with Crippen LogP contribution in [0.25, 0.3) is 11.1 Å². The largest absolute Gasteiger partial charge is 0.489 e. The molecule has 6 N–H and O–H groups in total. The summed E-state index contributed by atoms with van der Waals surface area (Å²) in [5, 5.41) is 14.0. The molecule has 0 aliphatic heterocycles. The molecule has 0 amide bonds. The Morgan fingerprint density at radius 1 is 0.867 bits per heavy atom. The highest BCUT2D eigenvalue weighted by Crippen LogP contribution is 2.26. The Morgan fingerprint density at radius 2 is 1.57 bits per heavy atom.